The van der Waals surface area contributed by atoms with Crippen molar-refractivity contribution in [3.05, 3.63) is 18.2 Å². The van der Waals surface area contributed by atoms with Gasteiger partial charge in [0.1, 0.15) is 5.82 Å². The van der Waals surface area contributed by atoms with E-state index in [-0.39, 0.29) is 11.9 Å². The van der Waals surface area contributed by atoms with Crippen molar-refractivity contribution in [2.75, 3.05) is 26.8 Å². The normalized spacial score (nSPS) is 12.4. The van der Waals surface area contributed by atoms with E-state index in [1.165, 1.54) is 0 Å². The predicted molar refractivity (Wildman–Crippen MR) is 69.1 cm³/mol. The van der Waals surface area contributed by atoms with Crippen LogP contribution in [-0.4, -0.2) is 42.3 Å². The molecule has 1 atom stereocenters. The number of carbonyl (C=O) groups excluding carboxylic acids is 1. The number of rotatable bonds is 8. The molecule has 0 radical (unpaired) electrons. The van der Waals surface area contributed by atoms with Crippen molar-refractivity contribution in [2.45, 2.75) is 19.4 Å². The number of imidazole rings is 1. The van der Waals surface area contributed by atoms with E-state index in [0.717, 1.165) is 5.82 Å². The molecular formula is C12H22N4O2. The molecule has 0 spiro atoms. The van der Waals surface area contributed by atoms with Crippen LogP contribution in [-0.2, 0) is 16.6 Å². The van der Waals surface area contributed by atoms with E-state index >= 15 is 0 Å². The largest absolute Gasteiger partial charge is 0.383 e. The molecule has 6 heteroatoms. The van der Waals surface area contributed by atoms with Crippen molar-refractivity contribution in [1.29, 1.82) is 0 Å². The van der Waals surface area contributed by atoms with E-state index in [2.05, 4.69) is 15.6 Å². The van der Waals surface area contributed by atoms with Crippen molar-refractivity contribution < 1.29 is 9.53 Å². The Kier molecular flexibility index (Phi) is 6.38. The monoisotopic (exact) mass is 254 g/mol. The number of aromatic nitrogens is 2. The molecule has 1 heterocycles. The number of methoxy groups -OCH3 is 1. The maximum atomic E-state index is 11.4. The minimum atomic E-state index is 0.0339. The number of hydrogen-bond acceptors (Lipinski definition) is 4. The summed E-state index contributed by atoms with van der Waals surface area (Å²) in [5.41, 5.74) is 0. The SMILES string of the molecule is COCCNC(=O)CCNC(C)c1nccn1C. The number of nitrogens with one attached hydrogen (secondary N) is 2. The van der Waals surface area contributed by atoms with Crippen molar-refractivity contribution in [2.24, 2.45) is 7.05 Å². The van der Waals surface area contributed by atoms with E-state index in [0.29, 0.717) is 26.1 Å². The molecule has 0 bridgehead atoms. The third kappa shape index (κ3) is 4.85. The lowest BCUT2D eigenvalue weighted by molar-refractivity contribution is -0.121. The summed E-state index contributed by atoms with van der Waals surface area (Å²) in [5, 5.41) is 6.05. The van der Waals surface area contributed by atoms with Gasteiger partial charge in [-0.1, -0.05) is 0 Å². The van der Waals surface area contributed by atoms with Gasteiger partial charge in [0.25, 0.3) is 0 Å². The van der Waals surface area contributed by atoms with E-state index in [4.69, 9.17) is 4.74 Å². The van der Waals surface area contributed by atoms with E-state index in [1.54, 1.807) is 13.3 Å². The molecule has 0 aromatic carbocycles. The summed E-state index contributed by atoms with van der Waals surface area (Å²) < 4.78 is 6.82. The average molecular weight is 254 g/mol. The van der Waals surface area contributed by atoms with Gasteiger partial charge in [0.2, 0.25) is 5.91 Å². The van der Waals surface area contributed by atoms with Gasteiger partial charge >= 0.3 is 0 Å². The Balaban J connectivity index is 2.18. The highest BCUT2D eigenvalue weighted by Gasteiger charge is 2.09. The van der Waals surface area contributed by atoms with Crippen LogP contribution in [0.25, 0.3) is 0 Å². The average Bonchev–Trinajstić information content (AvgIpc) is 2.76. The van der Waals surface area contributed by atoms with E-state index in [1.807, 2.05) is 24.7 Å². The molecule has 1 unspecified atom stereocenters. The summed E-state index contributed by atoms with van der Waals surface area (Å²) in [4.78, 5) is 15.7. The Labute approximate surface area is 108 Å². The third-order valence-corrected chi connectivity index (χ3v) is 2.68. The van der Waals surface area contributed by atoms with Crippen molar-refractivity contribution in [3.63, 3.8) is 0 Å². The van der Waals surface area contributed by atoms with Crippen LogP contribution in [0.15, 0.2) is 12.4 Å². The van der Waals surface area contributed by atoms with Crippen molar-refractivity contribution in [3.8, 4) is 0 Å². The summed E-state index contributed by atoms with van der Waals surface area (Å²) >= 11 is 0. The molecule has 0 aliphatic carbocycles. The van der Waals surface area contributed by atoms with Gasteiger partial charge < -0.3 is 19.9 Å². The maximum Gasteiger partial charge on any atom is 0.221 e. The molecule has 0 saturated heterocycles. The van der Waals surface area contributed by atoms with Crippen LogP contribution in [0.5, 0.6) is 0 Å². The number of ether oxygens (including phenoxy) is 1. The van der Waals surface area contributed by atoms with Gasteiger partial charge in [-0.25, -0.2) is 4.98 Å². The lowest BCUT2D eigenvalue weighted by Gasteiger charge is -2.13. The molecule has 6 nitrogen and oxygen atoms in total. The standard InChI is InChI=1S/C12H22N4O2/c1-10(12-15-6-8-16(12)2)13-5-4-11(17)14-7-9-18-3/h6,8,10,13H,4-5,7,9H2,1-3H3,(H,14,17). The fourth-order valence-electron chi connectivity index (χ4n) is 1.67. The first-order valence-electron chi connectivity index (χ1n) is 6.11. The molecule has 0 saturated carbocycles. The van der Waals surface area contributed by atoms with Gasteiger partial charge in [-0.3, -0.25) is 4.79 Å². The summed E-state index contributed by atoms with van der Waals surface area (Å²) in [6.07, 6.45) is 4.13. The topological polar surface area (TPSA) is 68.2 Å². The summed E-state index contributed by atoms with van der Waals surface area (Å²) in [6, 6.07) is 0.136. The third-order valence-electron chi connectivity index (χ3n) is 2.68. The Hall–Kier alpha value is -1.40. The first-order chi connectivity index (χ1) is 8.65. The van der Waals surface area contributed by atoms with Gasteiger partial charge in [0.15, 0.2) is 0 Å². The number of amides is 1. The first-order valence-corrected chi connectivity index (χ1v) is 6.11. The smallest absolute Gasteiger partial charge is 0.221 e. The van der Waals surface area contributed by atoms with Gasteiger partial charge in [-0.2, -0.15) is 0 Å². The molecule has 0 aliphatic heterocycles. The zero-order valence-electron chi connectivity index (χ0n) is 11.3. The highest BCUT2D eigenvalue weighted by Crippen LogP contribution is 2.07. The Bertz CT molecular complexity index is 365. The summed E-state index contributed by atoms with van der Waals surface area (Å²) in [7, 11) is 3.57. The van der Waals surface area contributed by atoms with Crippen molar-refractivity contribution >= 4 is 5.91 Å². The van der Waals surface area contributed by atoms with Gasteiger partial charge in [0.05, 0.1) is 12.6 Å². The maximum absolute atomic E-state index is 11.4. The lowest BCUT2D eigenvalue weighted by atomic mass is 10.3. The fraction of sp³-hybridized carbons (Fsp3) is 0.667. The Morgan fingerprint density at radius 3 is 2.94 bits per heavy atom. The van der Waals surface area contributed by atoms with Gasteiger partial charge in [-0.05, 0) is 6.92 Å². The molecule has 1 rings (SSSR count). The van der Waals surface area contributed by atoms with Crippen LogP contribution >= 0.6 is 0 Å². The Morgan fingerprint density at radius 1 is 1.56 bits per heavy atom. The molecule has 0 aliphatic rings. The second kappa shape index (κ2) is 7.84. The van der Waals surface area contributed by atoms with Gasteiger partial charge in [0, 0.05) is 46.1 Å². The molecule has 1 aromatic heterocycles. The molecule has 102 valence electrons. The van der Waals surface area contributed by atoms with Gasteiger partial charge in [-0.15, -0.1) is 0 Å². The zero-order valence-corrected chi connectivity index (χ0v) is 11.3. The first kappa shape index (κ1) is 14.7. The molecular weight excluding hydrogens is 232 g/mol. The molecule has 2 N–H and O–H groups in total. The predicted octanol–water partition coefficient (Wildman–Crippen LogP) is 0.223. The van der Waals surface area contributed by atoms with Crippen LogP contribution < -0.4 is 10.6 Å². The van der Waals surface area contributed by atoms with E-state index < -0.39 is 0 Å². The number of nitrogens with zero attached hydrogens (tertiary/aromatic N) is 2. The minimum absolute atomic E-state index is 0.0339. The Morgan fingerprint density at radius 2 is 2.33 bits per heavy atom. The summed E-state index contributed by atoms with van der Waals surface area (Å²) in [5.74, 6) is 1.00. The molecule has 1 amide bonds. The second-order valence-electron chi connectivity index (χ2n) is 4.16. The van der Waals surface area contributed by atoms with Crippen LogP contribution in [0.2, 0.25) is 0 Å². The van der Waals surface area contributed by atoms with Crippen molar-refractivity contribution in [1.82, 2.24) is 20.2 Å². The molecule has 0 fully saturated rings. The lowest BCUT2D eigenvalue weighted by Crippen LogP contribution is -2.31. The quantitative estimate of drug-likeness (QED) is 0.651. The van der Waals surface area contributed by atoms with E-state index in [9.17, 15) is 4.79 Å². The molecule has 18 heavy (non-hydrogen) atoms. The number of carbonyl (C=O) groups is 1. The fourth-order valence-corrected chi connectivity index (χ4v) is 1.67. The highest BCUT2D eigenvalue weighted by atomic mass is 16.5. The minimum Gasteiger partial charge on any atom is -0.383 e. The van der Waals surface area contributed by atoms with Crippen LogP contribution in [0, 0.1) is 0 Å². The number of aryl methyl sites for hydroxylation is 1. The van der Waals surface area contributed by atoms with Crippen LogP contribution in [0.3, 0.4) is 0 Å². The number of hydrogen-bond donors (Lipinski definition) is 2. The molecule has 1 aromatic rings. The second-order valence-corrected chi connectivity index (χ2v) is 4.16. The van der Waals surface area contributed by atoms with Crippen LogP contribution in [0.1, 0.15) is 25.2 Å². The highest BCUT2D eigenvalue weighted by molar-refractivity contribution is 5.76. The summed E-state index contributed by atoms with van der Waals surface area (Å²) in [6.45, 7) is 3.77. The van der Waals surface area contributed by atoms with Crippen LogP contribution in [0.4, 0.5) is 0 Å². The zero-order chi connectivity index (χ0) is 13.4.